The highest BCUT2D eigenvalue weighted by molar-refractivity contribution is 9.09. The second kappa shape index (κ2) is 5.96. The second-order valence-electron chi connectivity index (χ2n) is 1.91. The molecule has 0 aromatic carbocycles. The number of rotatable bonds is 4. The third-order valence-corrected chi connectivity index (χ3v) is 2.66. The van der Waals surface area contributed by atoms with Gasteiger partial charge in [-0.3, -0.25) is 0 Å². The molecule has 0 aliphatic heterocycles. The van der Waals surface area contributed by atoms with Crippen molar-refractivity contribution >= 4 is 28.6 Å². The van der Waals surface area contributed by atoms with Crippen LogP contribution >= 0.6 is 28.6 Å². The maximum atomic E-state index is 4.84. The number of hydrogen-bond donors (Lipinski definition) is 0. The first-order valence-corrected chi connectivity index (χ1v) is 4.52. The summed E-state index contributed by atoms with van der Waals surface area (Å²) in [7, 11) is 0. The minimum absolute atomic E-state index is 0.581. The van der Waals surface area contributed by atoms with E-state index in [4.69, 9.17) is 12.6 Å². The van der Waals surface area contributed by atoms with Gasteiger partial charge in [0.2, 0.25) is 0 Å². The molecule has 1 atom stereocenters. The van der Waals surface area contributed by atoms with E-state index in [1.54, 1.807) is 0 Å². The smallest absolute Gasteiger partial charge is 0.0244 e. The van der Waals surface area contributed by atoms with Gasteiger partial charge in [0.05, 0.1) is 0 Å². The van der Waals surface area contributed by atoms with Crippen LogP contribution in [0, 0.1) is 0 Å². The Bertz CT molecular complexity index is 47.8. The van der Waals surface area contributed by atoms with Gasteiger partial charge in [-0.25, -0.2) is 0 Å². The predicted molar refractivity (Wildman–Crippen MR) is 44.7 cm³/mol. The first-order valence-electron chi connectivity index (χ1n) is 3.03. The van der Waals surface area contributed by atoms with E-state index in [2.05, 4.69) is 22.9 Å². The molecular formula is C6H12BrS. The fourth-order valence-electron chi connectivity index (χ4n) is 0.509. The molecule has 8 heavy (non-hydrogen) atoms. The highest BCUT2D eigenvalue weighted by atomic mass is 79.9. The Hall–Kier alpha value is 0.830. The molecule has 0 rings (SSSR count). The van der Waals surface area contributed by atoms with Gasteiger partial charge >= 0.3 is 0 Å². The Morgan fingerprint density at radius 1 is 1.62 bits per heavy atom. The third kappa shape index (κ3) is 4.98. The Morgan fingerprint density at radius 3 is 2.62 bits per heavy atom. The fraction of sp³-hybridized carbons (Fsp3) is 1.00. The number of unbranched alkanes of at least 4 members (excludes halogenated alkanes) is 1. The van der Waals surface area contributed by atoms with Crippen LogP contribution in [0.15, 0.2) is 0 Å². The molecule has 0 aromatic heterocycles. The minimum Gasteiger partial charge on any atom is -0.0930 e. The molecule has 0 N–H and O–H groups in total. The number of halogens is 1. The van der Waals surface area contributed by atoms with Crippen molar-refractivity contribution in [1.29, 1.82) is 0 Å². The summed E-state index contributed by atoms with van der Waals surface area (Å²) >= 11 is 8.31. The lowest BCUT2D eigenvalue weighted by atomic mass is 10.2. The van der Waals surface area contributed by atoms with Crippen molar-refractivity contribution in [1.82, 2.24) is 0 Å². The topological polar surface area (TPSA) is 0 Å². The quantitative estimate of drug-likeness (QED) is 0.606. The lowest BCUT2D eigenvalue weighted by Gasteiger charge is -2.01. The van der Waals surface area contributed by atoms with E-state index in [-0.39, 0.29) is 0 Å². The Balaban J connectivity index is 2.86. The summed E-state index contributed by atoms with van der Waals surface area (Å²) in [4.78, 5) is 0.581. The van der Waals surface area contributed by atoms with Crippen LogP contribution in [0.3, 0.4) is 0 Å². The van der Waals surface area contributed by atoms with Crippen molar-refractivity contribution in [2.24, 2.45) is 0 Å². The SMILES string of the molecule is CCCCC(Br)C[S]. The lowest BCUT2D eigenvalue weighted by Crippen LogP contribution is -1.97. The van der Waals surface area contributed by atoms with Crippen LogP contribution in [-0.2, 0) is 0 Å². The average molecular weight is 196 g/mol. The zero-order valence-electron chi connectivity index (χ0n) is 5.19. The van der Waals surface area contributed by atoms with E-state index in [1.165, 1.54) is 19.3 Å². The van der Waals surface area contributed by atoms with E-state index in [0.29, 0.717) is 4.83 Å². The van der Waals surface area contributed by atoms with Crippen molar-refractivity contribution in [3.05, 3.63) is 0 Å². The van der Waals surface area contributed by atoms with Crippen molar-refractivity contribution < 1.29 is 0 Å². The van der Waals surface area contributed by atoms with Gasteiger partial charge in [0.25, 0.3) is 0 Å². The average Bonchev–Trinajstić information content (AvgIpc) is 1.83. The van der Waals surface area contributed by atoms with Gasteiger partial charge in [0.15, 0.2) is 0 Å². The van der Waals surface area contributed by atoms with Crippen molar-refractivity contribution in [3.63, 3.8) is 0 Å². The van der Waals surface area contributed by atoms with Crippen molar-refractivity contribution in [2.45, 2.75) is 31.0 Å². The summed E-state index contributed by atoms with van der Waals surface area (Å²) in [5.74, 6) is 0.847. The monoisotopic (exact) mass is 195 g/mol. The normalized spacial score (nSPS) is 13.9. The van der Waals surface area contributed by atoms with Gasteiger partial charge in [0, 0.05) is 10.6 Å². The molecule has 0 fully saturated rings. The summed E-state index contributed by atoms with van der Waals surface area (Å²) in [5.41, 5.74) is 0. The van der Waals surface area contributed by atoms with Crippen LogP contribution in [0.5, 0.6) is 0 Å². The molecule has 1 unspecified atom stereocenters. The Morgan fingerprint density at radius 2 is 2.25 bits per heavy atom. The molecule has 0 saturated heterocycles. The van der Waals surface area contributed by atoms with Crippen LogP contribution < -0.4 is 0 Å². The third-order valence-electron chi connectivity index (χ3n) is 1.05. The molecule has 0 aromatic rings. The molecule has 0 amide bonds. The predicted octanol–water partition coefficient (Wildman–Crippen LogP) is 3.14. The summed E-state index contributed by atoms with van der Waals surface area (Å²) in [6.45, 7) is 2.20. The van der Waals surface area contributed by atoms with E-state index in [9.17, 15) is 0 Å². The fourth-order valence-corrected chi connectivity index (χ4v) is 0.999. The van der Waals surface area contributed by atoms with Gasteiger partial charge in [-0.15, -0.1) is 0 Å². The van der Waals surface area contributed by atoms with Crippen LogP contribution in [0.1, 0.15) is 26.2 Å². The summed E-state index contributed by atoms with van der Waals surface area (Å²) < 4.78 is 0. The molecule has 0 heterocycles. The zero-order valence-corrected chi connectivity index (χ0v) is 7.59. The number of alkyl halides is 1. The van der Waals surface area contributed by atoms with Crippen molar-refractivity contribution in [3.8, 4) is 0 Å². The first kappa shape index (κ1) is 8.83. The second-order valence-corrected chi connectivity index (χ2v) is 3.53. The van der Waals surface area contributed by atoms with E-state index >= 15 is 0 Å². The molecule has 0 saturated carbocycles. The van der Waals surface area contributed by atoms with Gasteiger partial charge < -0.3 is 0 Å². The largest absolute Gasteiger partial charge is 0.0930 e. The molecule has 0 aliphatic carbocycles. The minimum atomic E-state index is 0.581. The molecular weight excluding hydrogens is 184 g/mol. The van der Waals surface area contributed by atoms with Gasteiger partial charge in [-0.2, -0.15) is 0 Å². The Labute approximate surface area is 65.6 Å². The van der Waals surface area contributed by atoms with Crippen LogP contribution in [0.2, 0.25) is 0 Å². The van der Waals surface area contributed by atoms with Gasteiger partial charge in [0.1, 0.15) is 0 Å². The molecule has 49 valence electrons. The highest BCUT2D eigenvalue weighted by Gasteiger charge is 1.97. The number of hydrogen-bond acceptors (Lipinski definition) is 0. The zero-order chi connectivity index (χ0) is 6.41. The van der Waals surface area contributed by atoms with Gasteiger partial charge in [-0.05, 0) is 6.42 Å². The molecule has 1 radical (unpaired) electrons. The lowest BCUT2D eigenvalue weighted by molar-refractivity contribution is 0.724. The summed E-state index contributed by atoms with van der Waals surface area (Å²) in [6.07, 6.45) is 3.81. The summed E-state index contributed by atoms with van der Waals surface area (Å²) in [6, 6.07) is 0. The standard InChI is InChI=1S/C6H12BrS/c1-2-3-4-6(7)5-8/h6H,2-5H2,1H3. The molecule has 0 bridgehead atoms. The van der Waals surface area contributed by atoms with E-state index in [1.807, 2.05) is 0 Å². The van der Waals surface area contributed by atoms with E-state index in [0.717, 1.165) is 5.75 Å². The maximum absolute atomic E-state index is 4.84. The molecule has 0 aliphatic rings. The maximum Gasteiger partial charge on any atom is 0.0244 e. The van der Waals surface area contributed by atoms with E-state index < -0.39 is 0 Å². The van der Waals surface area contributed by atoms with Gasteiger partial charge in [-0.1, -0.05) is 48.3 Å². The van der Waals surface area contributed by atoms with Crippen LogP contribution in [0.25, 0.3) is 0 Å². The molecule has 0 nitrogen and oxygen atoms in total. The summed E-state index contributed by atoms with van der Waals surface area (Å²) in [5, 5.41) is 0. The Kier molecular flexibility index (Phi) is 6.58. The van der Waals surface area contributed by atoms with Crippen molar-refractivity contribution in [2.75, 3.05) is 5.75 Å². The molecule has 2 heteroatoms. The molecule has 0 spiro atoms. The van der Waals surface area contributed by atoms with Crippen LogP contribution in [0.4, 0.5) is 0 Å². The first-order chi connectivity index (χ1) is 3.81. The van der Waals surface area contributed by atoms with Crippen LogP contribution in [-0.4, -0.2) is 10.6 Å². The highest BCUT2D eigenvalue weighted by Crippen LogP contribution is 2.10.